The van der Waals surface area contributed by atoms with E-state index in [1.54, 1.807) is 9.80 Å². The van der Waals surface area contributed by atoms with Crippen molar-refractivity contribution in [1.82, 2.24) is 9.80 Å². The van der Waals surface area contributed by atoms with Crippen LogP contribution in [0.1, 0.15) is 34.3 Å². The molecule has 1 aliphatic carbocycles. The zero-order valence-corrected chi connectivity index (χ0v) is 17.3. The van der Waals surface area contributed by atoms with Crippen LogP contribution in [0.5, 0.6) is 0 Å². The van der Waals surface area contributed by atoms with E-state index in [1.165, 1.54) is 16.8 Å². The minimum Gasteiger partial charge on any atom is -0.380 e. The van der Waals surface area contributed by atoms with Gasteiger partial charge in [-0.15, -0.1) is 0 Å². The van der Waals surface area contributed by atoms with E-state index in [0.717, 1.165) is 18.7 Å². The van der Waals surface area contributed by atoms with Gasteiger partial charge in [-0.05, 0) is 61.6 Å². The highest BCUT2D eigenvalue weighted by atomic mass is 16.3. The number of fused-ring (bicyclic) bond motifs is 1. The predicted octanol–water partition coefficient (Wildman–Crippen LogP) is 2.50. The average molecular weight is 405 g/mol. The van der Waals surface area contributed by atoms with Crippen LogP contribution in [-0.2, 0) is 11.2 Å². The van der Waals surface area contributed by atoms with E-state index in [1.807, 2.05) is 24.3 Å². The molecular formula is C24H27N3O3. The smallest absolute Gasteiger partial charge is 0.254 e. The lowest BCUT2D eigenvalue weighted by molar-refractivity contribution is -0.143. The summed E-state index contributed by atoms with van der Waals surface area (Å²) in [4.78, 5) is 31.0. The number of para-hydroxylation sites is 1. The molecule has 2 amide bonds. The van der Waals surface area contributed by atoms with Gasteiger partial charge in [-0.3, -0.25) is 9.59 Å². The van der Waals surface area contributed by atoms with Crippen molar-refractivity contribution in [2.75, 3.05) is 37.6 Å². The molecule has 2 aromatic rings. The third-order valence-electron chi connectivity index (χ3n) is 6.60. The molecule has 156 valence electrons. The van der Waals surface area contributed by atoms with Crippen LogP contribution in [0.4, 0.5) is 11.4 Å². The number of aryl methyl sites for hydroxylation is 1. The van der Waals surface area contributed by atoms with Crippen molar-refractivity contribution in [1.29, 1.82) is 0 Å². The van der Waals surface area contributed by atoms with Gasteiger partial charge in [0, 0.05) is 49.7 Å². The first-order valence-electron chi connectivity index (χ1n) is 10.7. The molecule has 0 unspecified atom stereocenters. The lowest BCUT2D eigenvalue weighted by Crippen LogP contribution is -2.53. The summed E-state index contributed by atoms with van der Waals surface area (Å²) in [5.74, 6) is -0.183. The number of carbonyl (C=O) groups is 2. The average Bonchev–Trinajstić information content (AvgIpc) is 3.37. The number of piperazine rings is 1. The van der Waals surface area contributed by atoms with Crippen LogP contribution >= 0.6 is 0 Å². The minimum absolute atomic E-state index is 0.00298. The second kappa shape index (κ2) is 7.13. The van der Waals surface area contributed by atoms with Gasteiger partial charge in [0.2, 0.25) is 0 Å². The van der Waals surface area contributed by atoms with Crippen molar-refractivity contribution in [3.63, 3.8) is 0 Å². The van der Waals surface area contributed by atoms with Crippen molar-refractivity contribution in [2.24, 2.45) is 0 Å². The van der Waals surface area contributed by atoms with Gasteiger partial charge in [0.1, 0.15) is 5.60 Å². The number of aliphatic hydroxyl groups is 1. The van der Waals surface area contributed by atoms with Crippen LogP contribution in [0.3, 0.4) is 0 Å². The molecule has 0 atom stereocenters. The molecule has 6 nitrogen and oxygen atoms in total. The van der Waals surface area contributed by atoms with E-state index >= 15 is 0 Å². The van der Waals surface area contributed by atoms with Crippen LogP contribution in [0, 0.1) is 6.92 Å². The first-order chi connectivity index (χ1) is 14.5. The van der Waals surface area contributed by atoms with E-state index in [-0.39, 0.29) is 11.8 Å². The SMILES string of the molecule is Cc1cccc2c1N(c1ccc(C(=O)N3CCN(C(=O)C4(O)CC4)CC3)cc1)CC2. The zero-order valence-electron chi connectivity index (χ0n) is 17.3. The predicted molar refractivity (Wildman–Crippen MR) is 115 cm³/mol. The van der Waals surface area contributed by atoms with Crippen molar-refractivity contribution in [3.05, 3.63) is 59.2 Å². The summed E-state index contributed by atoms with van der Waals surface area (Å²) in [5, 5.41) is 10.0. The quantitative estimate of drug-likeness (QED) is 0.852. The molecule has 2 heterocycles. The maximum Gasteiger partial charge on any atom is 0.254 e. The van der Waals surface area contributed by atoms with Crippen LogP contribution in [0.2, 0.25) is 0 Å². The summed E-state index contributed by atoms with van der Waals surface area (Å²) in [6.07, 6.45) is 2.15. The van der Waals surface area contributed by atoms with Gasteiger partial charge in [0.05, 0.1) is 0 Å². The Bertz CT molecular complexity index is 989. The van der Waals surface area contributed by atoms with Crippen LogP contribution in [0.15, 0.2) is 42.5 Å². The lowest BCUT2D eigenvalue weighted by atomic mass is 10.1. The Morgan fingerprint density at radius 1 is 0.900 bits per heavy atom. The van der Waals surface area contributed by atoms with Gasteiger partial charge in [-0.1, -0.05) is 18.2 Å². The summed E-state index contributed by atoms with van der Waals surface area (Å²) in [7, 11) is 0. The van der Waals surface area contributed by atoms with E-state index in [2.05, 4.69) is 30.0 Å². The van der Waals surface area contributed by atoms with E-state index in [9.17, 15) is 14.7 Å². The van der Waals surface area contributed by atoms with Gasteiger partial charge in [-0.25, -0.2) is 0 Å². The highest BCUT2D eigenvalue weighted by Crippen LogP contribution is 2.38. The molecule has 2 aromatic carbocycles. The molecule has 1 saturated carbocycles. The number of nitrogens with zero attached hydrogens (tertiary/aromatic N) is 3. The number of hydrogen-bond donors (Lipinski definition) is 1. The number of anilines is 2. The second-order valence-corrected chi connectivity index (χ2v) is 8.65. The number of amides is 2. The maximum absolute atomic E-state index is 12.9. The summed E-state index contributed by atoms with van der Waals surface area (Å²) in [5.41, 5.74) is 4.58. The van der Waals surface area contributed by atoms with Crippen molar-refractivity contribution < 1.29 is 14.7 Å². The first kappa shape index (κ1) is 19.1. The van der Waals surface area contributed by atoms with Crippen molar-refractivity contribution in [3.8, 4) is 0 Å². The number of hydrogen-bond acceptors (Lipinski definition) is 4. The minimum atomic E-state index is -1.13. The van der Waals surface area contributed by atoms with Gasteiger partial charge in [0.25, 0.3) is 11.8 Å². The molecule has 5 rings (SSSR count). The van der Waals surface area contributed by atoms with Gasteiger partial charge in [-0.2, -0.15) is 0 Å². The molecule has 30 heavy (non-hydrogen) atoms. The fraction of sp³-hybridized carbons (Fsp3) is 0.417. The van der Waals surface area contributed by atoms with Gasteiger partial charge >= 0.3 is 0 Å². The van der Waals surface area contributed by atoms with Gasteiger partial charge < -0.3 is 19.8 Å². The molecular weight excluding hydrogens is 378 g/mol. The molecule has 0 bridgehead atoms. The first-order valence-corrected chi connectivity index (χ1v) is 10.7. The number of rotatable bonds is 3. The summed E-state index contributed by atoms with van der Waals surface area (Å²) in [6, 6.07) is 14.3. The summed E-state index contributed by atoms with van der Waals surface area (Å²) < 4.78 is 0. The van der Waals surface area contributed by atoms with Crippen molar-refractivity contribution in [2.45, 2.75) is 31.8 Å². The lowest BCUT2D eigenvalue weighted by Gasteiger charge is -2.35. The summed E-state index contributed by atoms with van der Waals surface area (Å²) in [6.45, 7) is 5.06. The standard InChI is InChI=1S/C24H27N3O3/c1-17-3-2-4-18-9-12-27(21(17)18)20-7-5-19(6-8-20)22(28)25-13-15-26(16-14-25)23(29)24(30)10-11-24/h2-8,30H,9-16H2,1H3. The van der Waals surface area contributed by atoms with Crippen molar-refractivity contribution >= 4 is 23.2 Å². The Morgan fingerprint density at radius 2 is 1.57 bits per heavy atom. The molecule has 3 aliphatic rings. The monoisotopic (exact) mass is 405 g/mol. The Hall–Kier alpha value is -2.86. The molecule has 0 aromatic heterocycles. The largest absolute Gasteiger partial charge is 0.380 e. The van der Waals surface area contributed by atoms with E-state index in [4.69, 9.17) is 0 Å². The van der Waals surface area contributed by atoms with Gasteiger partial charge in [0.15, 0.2) is 0 Å². The highest BCUT2D eigenvalue weighted by molar-refractivity contribution is 5.95. The molecule has 6 heteroatoms. The fourth-order valence-electron chi connectivity index (χ4n) is 4.62. The Labute approximate surface area is 176 Å². The Kier molecular flexibility index (Phi) is 4.54. The normalized spacial score (nSPS) is 19.6. The third kappa shape index (κ3) is 3.25. The molecule has 0 spiro atoms. The Morgan fingerprint density at radius 3 is 2.23 bits per heavy atom. The third-order valence-corrected chi connectivity index (χ3v) is 6.60. The molecule has 1 saturated heterocycles. The van der Waals surface area contributed by atoms with E-state index in [0.29, 0.717) is 44.6 Å². The molecule has 2 aliphatic heterocycles. The second-order valence-electron chi connectivity index (χ2n) is 8.65. The van der Waals surface area contributed by atoms with E-state index < -0.39 is 5.60 Å². The zero-order chi connectivity index (χ0) is 20.9. The molecule has 1 N–H and O–H groups in total. The van der Waals surface area contributed by atoms with Crippen LogP contribution < -0.4 is 4.90 Å². The van der Waals surface area contributed by atoms with Crippen LogP contribution in [-0.4, -0.2) is 65.0 Å². The molecule has 0 radical (unpaired) electrons. The number of benzene rings is 2. The highest BCUT2D eigenvalue weighted by Gasteiger charge is 2.50. The topological polar surface area (TPSA) is 64.1 Å². The number of carbonyl (C=O) groups excluding carboxylic acids is 2. The fourth-order valence-corrected chi connectivity index (χ4v) is 4.62. The molecule has 2 fully saturated rings. The summed E-state index contributed by atoms with van der Waals surface area (Å²) >= 11 is 0. The maximum atomic E-state index is 12.9. The van der Waals surface area contributed by atoms with Crippen LogP contribution in [0.25, 0.3) is 0 Å². The Balaban J connectivity index is 1.25.